The fraction of sp³-hybridized carbons (Fsp3) is 0.522. The van der Waals surface area contributed by atoms with Crippen molar-refractivity contribution in [1.82, 2.24) is 0 Å². The molecule has 2 aliphatic carbocycles. The lowest BCUT2D eigenvalue weighted by atomic mass is 9.79. The lowest BCUT2D eigenvalue weighted by Crippen LogP contribution is -2.42. The molecule has 4 unspecified atom stereocenters. The molecule has 0 N–H and O–H groups in total. The van der Waals surface area contributed by atoms with E-state index in [1.54, 1.807) is 18.2 Å². The Hall–Kier alpha value is -2.63. The molecule has 4 atom stereocenters. The smallest absolute Gasteiger partial charge is 0.342 e. The van der Waals surface area contributed by atoms with Gasteiger partial charge in [-0.15, -0.1) is 5.76 Å². The van der Waals surface area contributed by atoms with E-state index >= 15 is 0 Å². The maximum Gasteiger partial charge on any atom is 0.342 e. The quantitative estimate of drug-likeness (QED) is 0.314. The molecule has 6 nitrogen and oxygen atoms in total. The highest BCUT2D eigenvalue weighted by Crippen LogP contribution is 2.36. The largest absolute Gasteiger partial charge is 0.875 e. The SMILES string of the molecule is O=C1OC2CCCCC2C([O-])=C1C=CC=C/C=C1\C(=O)OC2CCCCC2C1=O. The zero-order chi connectivity index (χ0) is 20.4. The molecule has 0 aromatic rings. The minimum absolute atomic E-state index is 0.0589. The topological polar surface area (TPSA) is 92.7 Å². The zero-order valence-corrected chi connectivity index (χ0v) is 16.3. The predicted octanol–water partition coefficient (Wildman–Crippen LogP) is 2.44. The number of Topliss-reactive ketones (excluding diaryl/α,β-unsaturated/α-hetero) is 1. The highest BCUT2D eigenvalue weighted by atomic mass is 16.6. The van der Waals surface area contributed by atoms with E-state index in [1.807, 2.05) is 0 Å². The van der Waals surface area contributed by atoms with Gasteiger partial charge in [0.2, 0.25) is 0 Å². The van der Waals surface area contributed by atoms with Crippen molar-refractivity contribution in [3.8, 4) is 0 Å². The van der Waals surface area contributed by atoms with Crippen LogP contribution in [0.25, 0.3) is 0 Å². The zero-order valence-electron chi connectivity index (χ0n) is 16.3. The first-order valence-electron chi connectivity index (χ1n) is 10.5. The Morgan fingerprint density at radius 2 is 1.38 bits per heavy atom. The molecule has 2 aliphatic heterocycles. The highest BCUT2D eigenvalue weighted by molar-refractivity contribution is 6.20. The number of ketones is 1. The summed E-state index contributed by atoms with van der Waals surface area (Å²) in [5.41, 5.74) is 0.118. The van der Waals surface area contributed by atoms with E-state index in [-0.39, 0.29) is 46.7 Å². The predicted molar refractivity (Wildman–Crippen MR) is 102 cm³/mol. The van der Waals surface area contributed by atoms with E-state index in [2.05, 4.69) is 0 Å². The number of carbonyl (C=O) groups is 3. The number of hydrogen-bond donors (Lipinski definition) is 0. The number of ether oxygens (including phenoxy) is 2. The summed E-state index contributed by atoms with van der Waals surface area (Å²) in [4.78, 5) is 36.8. The highest BCUT2D eigenvalue weighted by Gasteiger charge is 2.42. The van der Waals surface area contributed by atoms with Gasteiger partial charge in [0.25, 0.3) is 0 Å². The maximum absolute atomic E-state index is 12.6. The van der Waals surface area contributed by atoms with Gasteiger partial charge >= 0.3 is 11.9 Å². The van der Waals surface area contributed by atoms with Gasteiger partial charge < -0.3 is 14.6 Å². The third kappa shape index (κ3) is 3.93. The number of rotatable bonds is 3. The summed E-state index contributed by atoms with van der Waals surface area (Å²) in [5.74, 6) is -1.91. The minimum atomic E-state index is -0.574. The van der Waals surface area contributed by atoms with Crippen LogP contribution in [0.2, 0.25) is 0 Å². The molecule has 0 aromatic heterocycles. The van der Waals surface area contributed by atoms with Crippen LogP contribution in [0.4, 0.5) is 0 Å². The Labute approximate surface area is 169 Å². The summed E-state index contributed by atoms with van der Waals surface area (Å²) >= 11 is 0. The number of carbonyl (C=O) groups excluding carboxylic acids is 3. The van der Waals surface area contributed by atoms with Gasteiger partial charge in [-0.3, -0.25) is 4.79 Å². The fourth-order valence-corrected chi connectivity index (χ4v) is 4.75. The van der Waals surface area contributed by atoms with Crippen molar-refractivity contribution in [2.45, 2.75) is 63.6 Å². The first-order chi connectivity index (χ1) is 14.1. The second-order valence-corrected chi connectivity index (χ2v) is 8.14. The van der Waals surface area contributed by atoms with Crippen LogP contribution in [-0.4, -0.2) is 29.9 Å². The normalized spacial score (nSPS) is 34.3. The molecule has 0 radical (unpaired) electrons. The van der Waals surface area contributed by atoms with Gasteiger partial charge in [0, 0.05) is 11.5 Å². The average molecular weight is 397 g/mol. The third-order valence-electron chi connectivity index (χ3n) is 6.31. The van der Waals surface area contributed by atoms with Crippen LogP contribution >= 0.6 is 0 Å². The first kappa shape index (κ1) is 19.7. The van der Waals surface area contributed by atoms with Crippen molar-refractivity contribution in [2.75, 3.05) is 0 Å². The minimum Gasteiger partial charge on any atom is -0.875 e. The van der Waals surface area contributed by atoms with Gasteiger partial charge in [-0.25, -0.2) is 9.59 Å². The summed E-state index contributed by atoms with van der Waals surface area (Å²) in [6, 6.07) is 0. The van der Waals surface area contributed by atoms with Crippen molar-refractivity contribution >= 4 is 17.7 Å². The van der Waals surface area contributed by atoms with E-state index in [4.69, 9.17) is 9.47 Å². The van der Waals surface area contributed by atoms with Crippen molar-refractivity contribution in [2.24, 2.45) is 11.8 Å². The Morgan fingerprint density at radius 1 is 0.759 bits per heavy atom. The van der Waals surface area contributed by atoms with Crippen LogP contribution in [0.3, 0.4) is 0 Å². The molecule has 29 heavy (non-hydrogen) atoms. The van der Waals surface area contributed by atoms with E-state index in [0.717, 1.165) is 51.4 Å². The number of allylic oxidation sites excluding steroid dienone is 4. The van der Waals surface area contributed by atoms with Crippen LogP contribution in [0.5, 0.6) is 0 Å². The van der Waals surface area contributed by atoms with Gasteiger partial charge in [-0.2, -0.15) is 0 Å². The molecule has 2 heterocycles. The first-order valence-corrected chi connectivity index (χ1v) is 10.5. The standard InChI is InChI=1S/C23H26O6/c24-20-14-8-4-6-12-18(14)28-22(26)16(20)10-2-1-3-11-17-21(25)15-9-5-7-13-19(15)29-23(17)27/h1-3,10-11,14-15,18-19,24H,4-9,12-13H2/p-1/b3-1?,10-2?,17-11-. The lowest BCUT2D eigenvalue weighted by molar-refractivity contribution is -0.325. The molecular formula is C23H25O6-. The molecule has 0 spiro atoms. The Balaban J connectivity index is 1.44. The summed E-state index contributed by atoms with van der Waals surface area (Å²) in [7, 11) is 0. The van der Waals surface area contributed by atoms with Crippen LogP contribution in [0, 0.1) is 11.8 Å². The third-order valence-corrected chi connectivity index (χ3v) is 6.31. The Morgan fingerprint density at radius 3 is 2.14 bits per heavy atom. The molecule has 154 valence electrons. The van der Waals surface area contributed by atoms with Crippen molar-refractivity contribution in [3.63, 3.8) is 0 Å². The summed E-state index contributed by atoms with van der Waals surface area (Å²) in [5, 5.41) is 12.6. The Kier molecular flexibility index (Phi) is 5.69. The van der Waals surface area contributed by atoms with E-state index in [0.29, 0.717) is 0 Å². The van der Waals surface area contributed by atoms with E-state index in [9.17, 15) is 19.5 Å². The molecule has 2 saturated carbocycles. The van der Waals surface area contributed by atoms with E-state index < -0.39 is 11.9 Å². The molecule has 6 heteroatoms. The molecule has 0 aromatic carbocycles. The van der Waals surface area contributed by atoms with Crippen molar-refractivity contribution in [3.05, 3.63) is 47.3 Å². The van der Waals surface area contributed by atoms with Crippen molar-refractivity contribution < 1.29 is 29.0 Å². The molecule has 4 aliphatic rings. The second-order valence-electron chi connectivity index (χ2n) is 8.14. The molecule has 0 bridgehead atoms. The fourth-order valence-electron chi connectivity index (χ4n) is 4.75. The van der Waals surface area contributed by atoms with Crippen LogP contribution in [0.1, 0.15) is 51.4 Å². The van der Waals surface area contributed by atoms with Gasteiger partial charge in [-0.05, 0) is 50.7 Å². The van der Waals surface area contributed by atoms with E-state index in [1.165, 1.54) is 12.2 Å². The van der Waals surface area contributed by atoms with Crippen LogP contribution in [-0.2, 0) is 23.9 Å². The summed E-state index contributed by atoms with van der Waals surface area (Å²) < 4.78 is 10.8. The molecule has 3 fully saturated rings. The summed E-state index contributed by atoms with van der Waals surface area (Å²) in [6.45, 7) is 0. The van der Waals surface area contributed by atoms with Crippen LogP contribution < -0.4 is 5.11 Å². The molecule has 1 saturated heterocycles. The van der Waals surface area contributed by atoms with Gasteiger partial charge in [0.15, 0.2) is 5.78 Å². The number of fused-ring (bicyclic) bond motifs is 2. The van der Waals surface area contributed by atoms with Crippen molar-refractivity contribution in [1.29, 1.82) is 0 Å². The van der Waals surface area contributed by atoms with Gasteiger partial charge in [-0.1, -0.05) is 31.1 Å². The van der Waals surface area contributed by atoms with Gasteiger partial charge in [0.05, 0.1) is 5.92 Å². The van der Waals surface area contributed by atoms with Crippen LogP contribution in [0.15, 0.2) is 47.3 Å². The monoisotopic (exact) mass is 397 g/mol. The molecule has 4 rings (SSSR count). The molecular weight excluding hydrogens is 372 g/mol. The average Bonchev–Trinajstić information content (AvgIpc) is 2.72. The molecule has 0 amide bonds. The summed E-state index contributed by atoms with van der Waals surface area (Å²) in [6.07, 6.45) is 13.9. The van der Waals surface area contributed by atoms with Gasteiger partial charge in [0.1, 0.15) is 17.8 Å². The lowest BCUT2D eigenvalue weighted by Gasteiger charge is -2.40. The number of esters is 2. The Bertz CT molecular complexity index is 830. The maximum atomic E-state index is 12.6. The second kappa shape index (κ2) is 8.39. The number of hydrogen-bond acceptors (Lipinski definition) is 6.